The zero-order chi connectivity index (χ0) is 18.1. The molecule has 25 heavy (non-hydrogen) atoms. The summed E-state index contributed by atoms with van der Waals surface area (Å²) in [6, 6.07) is 17.3. The minimum atomic E-state index is -0.0265. The van der Waals surface area contributed by atoms with E-state index >= 15 is 0 Å². The van der Waals surface area contributed by atoms with E-state index in [0.29, 0.717) is 25.3 Å². The number of aryl methyl sites for hydroxylation is 1. The van der Waals surface area contributed by atoms with Crippen LogP contribution in [0.5, 0.6) is 0 Å². The molecule has 0 N–H and O–H groups in total. The Hall–Kier alpha value is -2.46. The third-order valence-electron chi connectivity index (χ3n) is 4.07. The third-order valence-corrected chi connectivity index (χ3v) is 4.07. The highest BCUT2D eigenvalue weighted by atomic mass is 16.5. The zero-order valence-corrected chi connectivity index (χ0v) is 14.9. The summed E-state index contributed by atoms with van der Waals surface area (Å²) in [4.78, 5) is 26.6. The monoisotopic (exact) mass is 339 g/mol. The average Bonchev–Trinajstić information content (AvgIpc) is 2.64. The smallest absolute Gasteiger partial charge is 0.223 e. The molecular weight excluding hydrogens is 314 g/mol. The van der Waals surface area contributed by atoms with Crippen LogP contribution in [-0.4, -0.2) is 36.9 Å². The number of ketones is 1. The van der Waals surface area contributed by atoms with E-state index in [4.69, 9.17) is 4.74 Å². The van der Waals surface area contributed by atoms with E-state index in [-0.39, 0.29) is 24.5 Å². The lowest BCUT2D eigenvalue weighted by Gasteiger charge is -2.22. The summed E-state index contributed by atoms with van der Waals surface area (Å²) >= 11 is 0. The lowest BCUT2D eigenvalue weighted by Crippen LogP contribution is -2.33. The number of amides is 1. The number of carbonyl (C=O) groups is 2. The summed E-state index contributed by atoms with van der Waals surface area (Å²) in [5.41, 5.74) is 2.84. The molecule has 0 aromatic heterocycles. The van der Waals surface area contributed by atoms with Crippen molar-refractivity contribution in [3.63, 3.8) is 0 Å². The normalized spacial score (nSPS) is 10.5. The quantitative estimate of drug-likeness (QED) is 0.655. The highest BCUT2D eigenvalue weighted by Gasteiger charge is 2.16. The van der Waals surface area contributed by atoms with E-state index in [1.807, 2.05) is 61.5 Å². The topological polar surface area (TPSA) is 46.6 Å². The van der Waals surface area contributed by atoms with Crippen molar-refractivity contribution in [2.75, 3.05) is 20.3 Å². The standard InChI is InChI=1S/C21H25NO3/c1-17-8-10-19(11-9-17)20(23)12-13-21(24)22(14-15-25-2)16-18-6-4-3-5-7-18/h3-11H,12-16H2,1-2H3. The molecule has 0 spiro atoms. The molecule has 0 radical (unpaired) electrons. The number of hydrogen-bond acceptors (Lipinski definition) is 3. The molecule has 132 valence electrons. The maximum atomic E-state index is 12.6. The van der Waals surface area contributed by atoms with Gasteiger partial charge in [0.25, 0.3) is 0 Å². The fourth-order valence-electron chi connectivity index (χ4n) is 2.56. The molecule has 2 rings (SSSR count). The molecule has 0 aliphatic rings. The summed E-state index contributed by atoms with van der Waals surface area (Å²) < 4.78 is 5.11. The van der Waals surface area contributed by atoms with Crippen LogP contribution in [0.15, 0.2) is 54.6 Å². The molecule has 0 saturated heterocycles. The van der Waals surface area contributed by atoms with Crippen molar-refractivity contribution in [1.82, 2.24) is 4.90 Å². The van der Waals surface area contributed by atoms with E-state index in [1.54, 1.807) is 12.0 Å². The molecule has 1 amide bonds. The first-order valence-electron chi connectivity index (χ1n) is 8.50. The highest BCUT2D eigenvalue weighted by molar-refractivity contribution is 5.97. The molecule has 2 aromatic rings. The molecule has 2 aromatic carbocycles. The fraction of sp³-hybridized carbons (Fsp3) is 0.333. The molecule has 0 aliphatic heterocycles. The van der Waals surface area contributed by atoms with Crippen molar-refractivity contribution in [3.05, 3.63) is 71.3 Å². The SMILES string of the molecule is COCCN(Cc1ccccc1)C(=O)CCC(=O)c1ccc(C)cc1. The van der Waals surface area contributed by atoms with Crippen molar-refractivity contribution in [3.8, 4) is 0 Å². The van der Waals surface area contributed by atoms with Gasteiger partial charge in [-0.05, 0) is 12.5 Å². The molecular formula is C21H25NO3. The molecule has 0 fully saturated rings. The van der Waals surface area contributed by atoms with E-state index in [1.165, 1.54) is 0 Å². The van der Waals surface area contributed by atoms with Crippen molar-refractivity contribution < 1.29 is 14.3 Å². The average molecular weight is 339 g/mol. The van der Waals surface area contributed by atoms with Gasteiger partial charge in [0.1, 0.15) is 0 Å². The summed E-state index contributed by atoms with van der Waals surface area (Å²) in [7, 11) is 1.62. The number of nitrogens with zero attached hydrogens (tertiary/aromatic N) is 1. The molecule has 0 saturated carbocycles. The van der Waals surface area contributed by atoms with E-state index in [2.05, 4.69) is 0 Å². The molecule has 0 atom stereocenters. The Balaban J connectivity index is 1.93. The molecule has 4 heteroatoms. The fourth-order valence-corrected chi connectivity index (χ4v) is 2.56. The summed E-state index contributed by atoms with van der Waals surface area (Å²) in [6.07, 6.45) is 0.434. The van der Waals surface area contributed by atoms with Crippen molar-refractivity contribution in [2.24, 2.45) is 0 Å². The van der Waals surface area contributed by atoms with Gasteiger partial charge in [-0.15, -0.1) is 0 Å². The Labute approximate surface area is 149 Å². The zero-order valence-electron chi connectivity index (χ0n) is 14.9. The largest absolute Gasteiger partial charge is 0.383 e. The second kappa shape index (κ2) is 9.74. The van der Waals surface area contributed by atoms with Crippen LogP contribution >= 0.6 is 0 Å². The van der Waals surface area contributed by atoms with Gasteiger partial charge in [0.05, 0.1) is 6.61 Å². The minimum Gasteiger partial charge on any atom is -0.383 e. The number of rotatable bonds is 9. The van der Waals surface area contributed by atoms with Crippen molar-refractivity contribution >= 4 is 11.7 Å². The van der Waals surface area contributed by atoms with Gasteiger partial charge in [-0.3, -0.25) is 9.59 Å². The van der Waals surface area contributed by atoms with Gasteiger partial charge < -0.3 is 9.64 Å². The molecule has 4 nitrogen and oxygen atoms in total. The van der Waals surface area contributed by atoms with Crippen LogP contribution in [0, 0.1) is 6.92 Å². The number of Topliss-reactive ketones (excluding diaryl/α,β-unsaturated/α-hetero) is 1. The number of carbonyl (C=O) groups excluding carboxylic acids is 2. The van der Waals surface area contributed by atoms with Gasteiger partial charge >= 0.3 is 0 Å². The van der Waals surface area contributed by atoms with Crippen LogP contribution in [0.2, 0.25) is 0 Å². The molecule has 0 bridgehead atoms. The molecule has 0 aliphatic carbocycles. The Morgan fingerprint density at radius 3 is 2.28 bits per heavy atom. The highest BCUT2D eigenvalue weighted by Crippen LogP contribution is 2.11. The number of methoxy groups -OCH3 is 1. The Morgan fingerprint density at radius 2 is 1.64 bits per heavy atom. The van der Waals surface area contributed by atoms with Crippen LogP contribution in [-0.2, 0) is 16.1 Å². The van der Waals surface area contributed by atoms with Crippen LogP contribution < -0.4 is 0 Å². The first-order chi connectivity index (χ1) is 12.1. The van der Waals surface area contributed by atoms with E-state index < -0.39 is 0 Å². The third kappa shape index (κ3) is 6.16. The first-order valence-corrected chi connectivity index (χ1v) is 8.50. The lowest BCUT2D eigenvalue weighted by atomic mass is 10.0. The van der Waals surface area contributed by atoms with Gasteiger partial charge in [-0.25, -0.2) is 0 Å². The Morgan fingerprint density at radius 1 is 0.960 bits per heavy atom. The number of hydrogen-bond donors (Lipinski definition) is 0. The van der Waals surface area contributed by atoms with Crippen LogP contribution in [0.25, 0.3) is 0 Å². The van der Waals surface area contributed by atoms with Crippen molar-refractivity contribution in [2.45, 2.75) is 26.3 Å². The summed E-state index contributed by atoms with van der Waals surface area (Å²) in [5.74, 6) is -0.0267. The van der Waals surface area contributed by atoms with E-state index in [9.17, 15) is 9.59 Å². The molecule has 0 unspecified atom stereocenters. The maximum absolute atomic E-state index is 12.6. The lowest BCUT2D eigenvalue weighted by molar-refractivity contribution is -0.132. The number of benzene rings is 2. The second-order valence-electron chi connectivity index (χ2n) is 6.08. The van der Waals surface area contributed by atoms with Crippen LogP contribution in [0.1, 0.15) is 34.3 Å². The van der Waals surface area contributed by atoms with Gasteiger partial charge in [0.15, 0.2) is 5.78 Å². The Kier molecular flexibility index (Phi) is 7.36. The first kappa shape index (κ1) is 18.9. The second-order valence-corrected chi connectivity index (χ2v) is 6.08. The summed E-state index contributed by atoms with van der Waals surface area (Å²) in [5, 5.41) is 0. The van der Waals surface area contributed by atoms with Gasteiger partial charge in [0.2, 0.25) is 5.91 Å². The van der Waals surface area contributed by atoms with E-state index in [0.717, 1.165) is 11.1 Å². The Bertz CT molecular complexity index is 680. The molecule has 0 heterocycles. The predicted molar refractivity (Wildman–Crippen MR) is 98.5 cm³/mol. The van der Waals surface area contributed by atoms with Crippen molar-refractivity contribution in [1.29, 1.82) is 0 Å². The maximum Gasteiger partial charge on any atom is 0.223 e. The number of ether oxygens (including phenoxy) is 1. The summed E-state index contributed by atoms with van der Waals surface area (Å²) in [6.45, 7) is 3.50. The van der Waals surface area contributed by atoms with Crippen LogP contribution in [0.3, 0.4) is 0 Å². The predicted octanol–water partition coefficient (Wildman–Crippen LogP) is 3.63. The van der Waals surface area contributed by atoms with Gasteiger partial charge in [-0.1, -0.05) is 60.2 Å². The van der Waals surface area contributed by atoms with Gasteiger partial charge in [-0.2, -0.15) is 0 Å². The van der Waals surface area contributed by atoms with Gasteiger partial charge in [0, 0.05) is 38.6 Å². The minimum absolute atomic E-state index is 0.000229. The van der Waals surface area contributed by atoms with Crippen LogP contribution in [0.4, 0.5) is 0 Å².